The first-order valence-electron chi connectivity index (χ1n) is 8.33. The zero-order chi connectivity index (χ0) is 13.4. The standard InChI is InChI=1S/C16H30O3/c1-2-3-9-14-17-16(12-7-4-8-13-16)19-18-15-10-5-6-11-15/h15H,2-14H2,1H3. The highest BCUT2D eigenvalue weighted by molar-refractivity contribution is 4.75. The molecule has 0 saturated heterocycles. The predicted octanol–water partition coefficient (Wildman–Crippen LogP) is 4.74. The van der Waals surface area contributed by atoms with Gasteiger partial charge in [0.2, 0.25) is 5.79 Å². The van der Waals surface area contributed by atoms with Crippen molar-refractivity contribution >= 4 is 0 Å². The summed E-state index contributed by atoms with van der Waals surface area (Å²) in [7, 11) is 0. The quantitative estimate of drug-likeness (QED) is 0.276. The molecule has 2 aliphatic rings. The maximum Gasteiger partial charge on any atom is 0.201 e. The van der Waals surface area contributed by atoms with Crippen molar-refractivity contribution in [1.82, 2.24) is 0 Å². The second-order valence-electron chi connectivity index (χ2n) is 6.11. The van der Waals surface area contributed by atoms with E-state index in [-0.39, 0.29) is 0 Å². The molecule has 0 aromatic carbocycles. The van der Waals surface area contributed by atoms with E-state index in [1.807, 2.05) is 0 Å². The predicted molar refractivity (Wildman–Crippen MR) is 75.7 cm³/mol. The van der Waals surface area contributed by atoms with Gasteiger partial charge >= 0.3 is 0 Å². The number of hydrogen-bond donors (Lipinski definition) is 0. The van der Waals surface area contributed by atoms with Gasteiger partial charge in [0.1, 0.15) is 0 Å². The lowest BCUT2D eigenvalue weighted by Crippen LogP contribution is -2.39. The summed E-state index contributed by atoms with van der Waals surface area (Å²) < 4.78 is 6.09. The SMILES string of the molecule is CCCCCOC1(OOC2CCCC2)CCCCC1. The van der Waals surface area contributed by atoms with Crippen molar-refractivity contribution in [2.45, 2.75) is 95.9 Å². The van der Waals surface area contributed by atoms with Crippen molar-refractivity contribution < 1.29 is 14.5 Å². The third kappa shape index (κ3) is 5.05. The molecule has 19 heavy (non-hydrogen) atoms. The van der Waals surface area contributed by atoms with Gasteiger partial charge < -0.3 is 4.74 Å². The zero-order valence-electron chi connectivity index (χ0n) is 12.5. The maximum atomic E-state index is 6.09. The number of unbranched alkanes of at least 4 members (excludes halogenated alkanes) is 2. The van der Waals surface area contributed by atoms with E-state index in [2.05, 4.69) is 6.92 Å². The molecule has 3 nitrogen and oxygen atoms in total. The summed E-state index contributed by atoms with van der Waals surface area (Å²) in [6.07, 6.45) is 14.4. The van der Waals surface area contributed by atoms with Gasteiger partial charge in [0, 0.05) is 12.8 Å². The van der Waals surface area contributed by atoms with E-state index >= 15 is 0 Å². The lowest BCUT2D eigenvalue weighted by atomic mass is 9.94. The minimum absolute atomic E-state index is 0.304. The zero-order valence-corrected chi connectivity index (χ0v) is 12.5. The van der Waals surface area contributed by atoms with Crippen LogP contribution in [-0.2, 0) is 14.5 Å². The van der Waals surface area contributed by atoms with Crippen LogP contribution in [0.3, 0.4) is 0 Å². The van der Waals surface area contributed by atoms with Gasteiger partial charge in [0.25, 0.3) is 0 Å². The first-order valence-corrected chi connectivity index (χ1v) is 8.33. The Hall–Kier alpha value is -0.120. The average Bonchev–Trinajstić information content (AvgIpc) is 2.96. The normalized spacial score (nSPS) is 23.8. The van der Waals surface area contributed by atoms with Crippen LogP contribution in [0.5, 0.6) is 0 Å². The van der Waals surface area contributed by atoms with Crippen molar-refractivity contribution in [3.63, 3.8) is 0 Å². The Balaban J connectivity index is 1.75. The Morgan fingerprint density at radius 2 is 1.68 bits per heavy atom. The fourth-order valence-electron chi connectivity index (χ4n) is 3.09. The molecule has 0 spiro atoms. The van der Waals surface area contributed by atoms with Gasteiger partial charge in [0.15, 0.2) is 0 Å². The molecule has 0 amide bonds. The van der Waals surface area contributed by atoms with Gasteiger partial charge in [-0.25, -0.2) is 9.78 Å². The molecule has 2 aliphatic carbocycles. The van der Waals surface area contributed by atoms with Gasteiger partial charge in [-0.05, 0) is 32.1 Å². The number of rotatable bonds is 8. The Morgan fingerprint density at radius 3 is 2.37 bits per heavy atom. The molecule has 0 radical (unpaired) electrons. The van der Waals surface area contributed by atoms with Crippen LogP contribution in [0.4, 0.5) is 0 Å². The summed E-state index contributed by atoms with van der Waals surface area (Å²) in [5, 5.41) is 0. The van der Waals surface area contributed by atoms with Crippen molar-refractivity contribution in [1.29, 1.82) is 0 Å². The van der Waals surface area contributed by atoms with Crippen LogP contribution in [0, 0.1) is 0 Å². The molecule has 2 fully saturated rings. The van der Waals surface area contributed by atoms with E-state index in [9.17, 15) is 0 Å². The second kappa shape index (κ2) is 8.23. The summed E-state index contributed by atoms with van der Waals surface area (Å²) in [4.78, 5) is 11.5. The number of ether oxygens (including phenoxy) is 1. The van der Waals surface area contributed by atoms with E-state index in [1.54, 1.807) is 0 Å². The molecule has 0 aliphatic heterocycles. The van der Waals surface area contributed by atoms with Gasteiger partial charge in [-0.3, -0.25) is 0 Å². The highest BCUT2D eigenvalue weighted by Gasteiger charge is 2.36. The monoisotopic (exact) mass is 270 g/mol. The highest BCUT2D eigenvalue weighted by atomic mass is 17.2. The lowest BCUT2D eigenvalue weighted by molar-refractivity contribution is -0.450. The van der Waals surface area contributed by atoms with Crippen LogP contribution in [0.25, 0.3) is 0 Å². The van der Waals surface area contributed by atoms with Crippen LogP contribution >= 0.6 is 0 Å². The first kappa shape index (κ1) is 15.3. The Kier molecular flexibility index (Phi) is 6.62. The molecule has 2 saturated carbocycles. The van der Waals surface area contributed by atoms with Crippen LogP contribution in [0.2, 0.25) is 0 Å². The molecule has 112 valence electrons. The van der Waals surface area contributed by atoms with Gasteiger partial charge in [-0.1, -0.05) is 39.0 Å². The third-order valence-corrected chi connectivity index (χ3v) is 4.37. The second-order valence-corrected chi connectivity index (χ2v) is 6.11. The summed E-state index contributed by atoms with van der Waals surface area (Å²) in [5.74, 6) is -0.436. The van der Waals surface area contributed by atoms with E-state index < -0.39 is 5.79 Å². The minimum Gasteiger partial charge on any atom is -0.347 e. The third-order valence-electron chi connectivity index (χ3n) is 4.37. The fourth-order valence-corrected chi connectivity index (χ4v) is 3.09. The van der Waals surface area contributed by atoms with E-state index in [0.29, 0.717) is 6.10 Å². The van der Waals surface area contributed by atoms with Crippen molar-refractivity contribution in [2.75, 3.05) is 6.61 Å². The molecule has 0 unspecified atom stereocenters. The molecular weight excluding hydrogens is 240 g/mol. The molecule has 0 aromatic rings. The summed E-state index contributed by atoms with van der Waals surface area (Å²) >= 11 is 0. The minimum atomic E-state index is -0.436. The number of hydrogen-bond acceptors (Lipinski definition) is 3. The molecule has 0 atom stereocenters. The Morgan fingerprint density at radius 1 is 0.947 bits per heavy atom. The molecule has 0 aromatic heterocycles. The highest BCUT2D eigenvalue weighted by Crippen LogP contribution is 2.34. The molecule has 3 heteroatoms. The van der Waals surface area contributed by atoms with E-state index in [0.717, 1.165) is 38.7 Å². The Bertz CT molecular complexity index is 230. The van der Waals surface area contributed by atoms with Crippen LogP contribution < -0.4 is 0 Å². The van der Waals surface area contributed by atoms with Gasteiger partial charge in [0.05, 0.1) is 12.7 Å². The van der Waals surface area contributed by atoms with E-state index in [4.69, 9.17) is 14.5 Å². The van der Waals surface area contributed by atoms with Crippen LogP contribution in [0.15, 0.2) is 0 Å². The van der Waals surface area contributed by atoms with Crippen LogP contribution in [0.1, 0.15) is 84.0 Å². The van der Waals surface area contributed by atoms with Gasteiger partial charge in [-0.15, -0.1) is 0 Å². The largest absolute Gasteiger partial charge is 0.347 e. The van der Waals surface area contributed by atoms with Crippen LogP contribution in [-0.4, -0.2) is 18.5 Å². The molecule has 2 rings (SSSR count). The smallest absolute Gasteiger partial charge is 0.201 e. The first-order chi connectivity index (χ1) is 9.35. The van der Waals surface area contributed by atoms with Gasteiger partial charge in [-0.2, -0.15) is 0 Å². The molecular formula is C16H30O3. The summed E-state index contributed by atoms with van der Waals surface area (Å²) in [6, 6.07) is 0. The van der Waals surface area contributed by atoms with E-state index in [1.165, 1.54) is 44.9 Å². The topological polar surface area (TPSA) is 27.7 Å². The summed E-state index contributed by atoms with van der Waals surface area (Å²) in [6.45, 7) is 3.03. The average molecular weight is 270 g/mol. The maximum absolute atomic E-state index is 6.09. The molecule has 0 heterocycles. The van der Waals surface area contributed by atoms with Crippen molar-refractivity contribution in [3.05, 3.63) is 0 Å². The summed E-state index contributed by atoms with van der Waals surface area (Å²) in [5.41, 5.74) is 0. The molecule has 0 bridgehead atoms. The Labute approximate surface area is 117 Å². The molecule has 0 N–H and O–H groups in total. The van der Waals surface area contributed by atoms with Crippen molar-refractivity contribution in [2.24, 2.45) is 0 Å². The lowest BCUT2D eigenvalue weighted by Gasteiger charge is -2.36. The fraction of sp³-hybridized carbons (Fsp3) is 1.00. The van der Waals surface area contributed by atoms with Crippen molar-refractivity contribution in [3.8, 4) is 0 Å².